The number of benzene rings is 1. The van der Waals surface area contributed by atoms with E-state index in [2.05, 4.69) is 10.4 Å². The third-order valence-corrected chi connectivity index (χ3v) is 2.84. The van der Waals surface area contributed by atoms with Gasteiger partial charge >= 0.3 is 0 Å². The van der Waals surface area contributed by atoms with Gasteiger partial charge in [0.25, 0.3) is 5.91 Å². The van der Waals surface area contributed by atoms with Crippen molar-refractivity contribution in [1.82, 2.24) is 5.32 Å². The van der Waals surface area contributed by atoms with E-state index < -0.39 is 0 Å². The summed E-state index contributed by atoms with van der Waals surface area (Å²) in [5.74, 6) is -0.602. The predicted molar refractivity (Wildman–Crippen MR) is 57.7 cm³/mol. The van der Waals surface area contributed by atoms with Crippen molar-refractivity contribution < 1.29 is 9.18 Å². The molecule has 0 aliphatic carbocycles. The van der Waals surface area contributed by atoms with Gasteiger partial charge in [-0.05, 0) is 18.2 Å². The summed E-state index contributed by atoms with van der Waals surface area (Å²) in [4.78, 5) is 11.9. The van der Waals surface area contributed by atoms with Gasteiger partial charge in [-0.2, -0.15) is 5.10 Å². The number of nitrogens with zero attached hydrogens (tertiary/aromatic N) is 2. The standard InChI is InChI=1S/C11H10FN3O/c12-7-2-1-3-8(4-7)15-11(16)9-5-13-6-10(9)14-15/h1-4,9,13H,5-6H2. The number of halogens is 1. The van der Waals surface area contributed by atoms with Crippen LogP contribution in [0, 0.1) is 11.7 Å². The molecule has 0 aromatic heterocycles. The second-order valence-electron chi connectivity index (χ2n) is 3.90. The summed E-state index contributed by atoms with van der Waals surface area (Å²) in [5.41, 5.74) is 1.33. The molecule has 0 radical (unpaired) electrons. The van der Waals surface area contributed by atoms with Crippen LogP contribution in [0.3, 0.4) is 0 Å². The summed E-state index contributed by atoms with van der Waals surface area (Å²) in [6.45, 7) is 1.27. The Labute approximate surface area is 91.7 Å². The molecule has 1 atom stereocenters. The van der Waals surface area contributed by atoms with Crippen molar-refractivity contribution in [3.63, 3.8) is 0 Å². The maximum absolute atomic E-state index is 13.0. The Hall–Kier alpha value is -1.75. The number of fused-ring (bicyclic) bond motifs is 1. The van der Waals surface area contributed by atoms with E-state index in [1.165, 1.54) is 17.1 Å². The quantitative estimate of drug-likeness (QED) is 0.757. The second-order valence-corrected chi connectivity index (χ2v) is 3.90. The van der Waals surface area contributed by atoms with Crippen LogP contribution in [0.4, 0.5) is 10.1 Å². The fourth-order valence-electron chi connectivity index (χ4n) is 2.04. The van der Waals surface area contributed by atoms with E-state index >= 15 is 0 Å². The smallest absolute Gasteiger partial charge is 0.257 e. The zero-order chi connectivity index (χ0) is 11.1. The molecule has 0 saturated carbocycles. The number of hydrogen-bond acceptors (Lipinski definition) is 3. The van der Waals surface area contributed by atoms with E-state index in [9.17, 15) is 9.18 Å². The number of nitrogens with one attached hydrogen (secondary N) is 1. The first-order valence-electron chi connectivity index (χ1n) is 5.13. The van der Waals surface area contributed by atoms with Crippen molar-refractivity contribution in [2.75, 3.05) is 18.1 Å². The summed E-state index contributed by atoms with van der Waals surface area (Å²) in [6, 6.07) is 5.92. The normalized spacial score (nSPS) is 23.6. The number of hydrazone groups is 1. The minimum atomic E-state index is -0.360. The molecular formula is C11H10FN3O. The lowest BCUT2D eigenvalue weighted by atomic mass is 10.1. The molecule has 1 saturated heterocycles. The van der Waals surface area contributed by atoms with Gasteiger partial charge < -0.3 is 5.32 Å². The first-order chi connectivity index (χ1) is 7.75. The van der Waals surface area contributed by atoms with Gasteiger partial charge in [-0.25, -0.2) is 9.40 Å². The fraction of sp³-hybridized carbons (Fsp3) is 0.273. The lowest BCUT2D eigenvalue weighted by Crippen LogP contribution is -2.29. The number of hydrogen-bond donors (Lipinski definition) is 1. The predicted octanol–water partition coefficient (Wildman–Crippen LogP) is 0.748. The number of anilines is 1. The zero-order valence-electron chi connectivity index (χ0n) is 8.48. The van der Waals surface area contributed by atoms with Gasteiger partial charge in [0, 0.05) is 13.1 Å². The lowest BCUT2D eigenvalue weighted by Gasteiger charge is -2.13. The molecule has 5 heteroatoms. The van der Waals surface area contributed by atoms with Crippen molar-refractivity contribution in [2.45, 2.75) is 0 Å². The summed E-state index contributed by atoms with van der Waals surface area (Å²) in [7, 11) is 0. The van der Waals surface area contributed by atoms with Crippen molar-refractivity contribution in [1.29, 1.82) is 0 Å². The lowest BCUT2D eigenvalue weighted by molar-refractivity contribution is -0.119. The van der Waals surface area contributed by atoms with Crippen LogP contribution in [-0.4, -0.2) is 24.7 Å². The maximum Gasteiger partial charge on any atom is 0.257 e. The van der Waals surface area contributed by atoms with Gasteiger partial charge in [-0.3, -0.25) is 4.79 Å². The minimum absolute atomic E-state index is 0.0781. The Morgan fingerprint density at radius 1 is 1.50 bits per heavy atom. The molecule has 1 unspecified atom stereocenters. The van der Waals surface area contributed by atoms with E-state index in [1.807, 2.05) is 0 Å². The highest BCUT2D eigenvalue weighted by Crippen LogP contribution is 2.25. The highest BCUT2D eigenvalue weighted by Gasteiger charge is 2.39. The van der Waals surface area contributed by atoms with E-state index in [0.29, 0.717) is 18.8 Å². The van der Waals surface area contributed by atoms with Crippen LogP contribution in [-0.2, 0) is 4.79 Å². The second kappa shape index (κ2) is 3.38. The highest BCUT2D eigenvalue weighted by atomic mass is 19.1. The summed E-state index contributed by atoms with van der Waals surface area (Å²) < 4.78 is 13.0. The van der Waals surface area contributed by atoms with Crippen LogP contribution in [0.5, 0.6) is 0 Å². The van der Waals surface area contributed by atoms with Gasteiger partial charge in [-0.15, -0.1) is 0 Å². The van der Waals surface area contributed by atoms with Gasteiger partial charge in [0.2, 0.25) is 0 Å². The van der Waals surface area contributed by atoms with Gasteiger partial charge in [-0.1, -0.05) is 6.07 Å². The number of amides is 1. The average Bonchev–Trinajstić information content (AvgIpc) is 2.82. The third kappa shape index (κ3) is 1.32. The first kappa shape index (κ1) is 9.47. The molecule has 82 valence electrons. The summed E-state index contributed by atoms with van der Waals surface area (Å²) >= 11 is 0. The van der Waals surface area contributed by atoms with E-state index in [-0.39, 0.29) is 17.6 Å². The number of rotatable bonds is 1. The monoisotopic (exact) mass is 219 g/mol. The molecule has 1 N–H and O–H groups in total. The van der Waals surface area contributed by atoms with E-state index in [4.69, 9.17) is 0 Å². The molecule has 2 aliphatic rings. The van der Waals surface area contributed by atoms with Crippen LogP contribution in [0.1, 0.15) is 0 Å². The molecular weight excluding hydrogens is 209 g/mol. The van der Waals surface area contributed by atoms with Crippen LogP contribution < -0.4 is 10.3 Å². The molecule has 1 aromatic rings. The van der Waals surface area contributed by atoms with Crippen molar-refractivity contribution in [2.24, 2.45) is 11.0 Å². The minimum Gasteiger partial charge on any atom is -0.310 e. The SMILES string of the molecule is O=C1C2CNCC2=NN1c1cccc(F)c1. The first-order valence-corrected chi connectivity index (χ1v) is 5.13. The van der Waals surface area contributed by atoms with Crippen LogP contribution in [0.15, 0.2) is 29.4 Å². The average molecular weight is 219 g/mol. The Morgan fingerprint density at radius 2 is 2.38 bits per heavy atom. The van der Waals surface area contributed by atoms with E-state index in [1.54, 1.807) is 12.1 Å². The Kier molecular flexibility index (Phi) is 2.00. The van der Waals surface area contributed by atoms with Gasteiger partial charge in [0.1, 0.15) is 5.82 Å². The zero-order valence-corrected chi connectivity index (χ0v) is 8.48. The molecule has 16 heavy (non-hydrogen) atoms. The summed E-state index contributed by atoms with van der Waals surface area (Å²) in [5, 5.41) is 8.59. The molecule has 3 rings (SSSR count). The molecule has 0 bridgehead atoms. The van der Waals surface area contributed by atoms with E-state index in [0.717, 1.165) is 5.71 Å². The topological polar surface area (TPSA) is 44.7 Å². The largest absolute Gasteiger partial charge is 0.310 e. The molecule has 0 spiro atoms. The molecule has 2 heterocycles. The Bertz CT molecular complexity index is 486. The molecule has 1 fully saturated rings. The molecule has 1 aromatic carbocycles. The Balaban J connectivity index is 1.97. The van der Waals surface area contributed by atoms with Crippen molar-refractivity contribution in [3.8, 4) is 0 Å². The molecule has 4 nitrogen and oxygen atoms in total. The van der Waals surface area contributed by atoms with Crippen molar-refractivity contribution in [3.05, 3.63) is 30.1 Å². The van der Waals surface area contributed by atoms with Gasteiger partial charge in [0.15, 0.2) is 0 Å². The number of carbonyl (C=O) groups is 1. The maximum atomic E-state index is 13.0. The van der Waals surface area contributed by atoms with Crippen molar-refractivity contribution >= 4 is 17.3 Å². The van der Waals surface area contributed by atoms with Crippen LogP contribution >= 0.6 is 0 Å². The Morgan fingerprint density at radius 3 is 3.12 bits per heavy atom. The molecule has 2 aliphatic heterocycles. The fourth-order valence-corrected chi connectivity index (χ4v) is 2.04. The third-order valence-electron chi connectivity index (χ3n) is 2.84. The highest BCUT2D eigenvalue weighted by molar-refractivity contribution is 6.17. The number of carbonyl (C=O) groups excluding carboxylic acids is 1. The summed E-state index contributed by atoms with van der Waals surface area (Å²) in [6.07, 6.45) is 0. The van der Waals surface area contributed by atoms with Crippen LogP contribution in [0.25, 0.3) is 0 Å². The van der Waals surface area contributed by atoms with Crippen LogP contribution in [0.2, 0.25) is 0 Å². The molecule has 1 amide bonds. The van der Waals surface area contributed by atoms with Gasteiger partial charge in [0.05, 0.1) is 17.3 Å².